The van der Waals surface area contributed by atoms with Crippen LogP contribution in [0.2, 0.25) is 10.0 Å². The highest BCUT2D eigenvalue weighted by Gasteiger charge is 2.30. The summed E-state index contributed by atoms with van der Waals surface area (Å²) in [5, 5.41) is 0.837. The number of carbonyl (C=O) groups excluding carboxylic acids is 1. The molecule has 1 fully saturated rings. The van der Waals surface area contributed by atoms with Crippen molar-refractivity contribution in [1.82, 2.24) is 4.90 Å². The second-order valence-corrected chi connectivity index (χ2v) is 10.3. The lowest BCUT2D eigenvalue weighted by atomic mass is 10.1. The van der Waals surface area contributed by atoms with Crippen molar-refractivity contribution < 1.29 is 22.7 Å². The van der Waals surface area contributed by atoms with Gasteiger partial charge in [-0.2, -0.15) is 0 Å². The molecule has 6 nitrogen and oxygen atoms in total. The minimum absolute atomic E-state index is 0.0739. The van der Waals surface area contributed by atoms with Crippen LogP contribution in [-0.2, 0) is 9.84 Å². The molecule has 1 aliphatic rings. The Morgan fingerprint density at radius 1 is 1.13 bits per heavy atom. The quantitative estimate of drug-likeness (QED) is 0.620. The van der Waals surface area contributed by atoms with Crippen molar-refractivity contribution in [2.45, 2.75) is 37.4 Å². The molecule has 0 aromatic heterocycles. The van der Waals surface area contributed by atoms with Gasteiger partial charge in [0, 0.05) is 25.3 Å². The van der Waals surface area contributed by atoms with Gasteiger partial charge in [0.25, 0.3) is 5.91 Å². The molecule has 162 valence electrons. The van der Waals surface area contributed by atoms with E-state index in [2.05, 4.69) is 0 Å². The molecule has 1 unspecified atom stereocenters. The predicted molar refractivity (Wildman–Crippen MR) is 117 cm³/mol. The van der Waals surface area contributed by atoms with E-state index in [-0.39, 0.29) is 28.6 Å². The predicted octanol–water partition coefficient (Wildman–Crippen LogP) is 4.48. The minimum atomic E-state index is -3.46. The third-order valence-corrected chi connectivity index (χ3v) is 6.45. The number of sulfone groups is 1. The van der Waals surface area contributed by atoms with Gasteiger partial charge < -0.3 is 14.4 Å². The maximum atomic E-state index is 13.2. The summed E-state index contributed by atoms with van der Waals surface area (Å²) in [4.78, 5) is 14.9. The molecule has 1 amide bonds. The Morgan fingerprint density at radius 2 is 1.87 bits per heavy atom. The molecular formula is C21H23Cl2NO5S. The van der Waals surface area contributed by atoms with E-state index in [0.717, 1.165) is 6.26 Å². The highest BCUT2D eigenvalue weighted by Crippen LogP contribution is 2.30. The fourth-order valence-corrected chi connectivity index (χ4v) is 4.12. The first-order chi connectivity index (χ1) is 14.0. The number of amides is 1. The van der Waals surface area contributed by atoms with Crippen molar-refractivity contribution in [3.05, 3.63) is 52.0 Å². The van der Waals surface area contributed by atoms with Gasteiger partial charge in [0.1, 0.15) is 17.6 Å². The molecule has 0 bridgehead atoms. The maximum Gasteiger partial charge on any atom is 0.257 e. The molecule has 30 heavy (non-hydrogen) atoms. The van der Waals surface area contributed by atoms with Crippen molar-refractivity contribution in [3.63, 3.8) is 0 Å². The Labute approximate surface area is 186 Å². The SMILES string of the molecule is CC(C)Oc1ccc(S(C)(=O)=O)cc1C(=O)N1CCC(Oc2ccc(Cl)c(Cl)c2)C1. The number of hydrogen-bond acceptors (Lipinski definition) is 5. The van der Waals surface area contributed by atoms with E-state index in [1.807, 2.05) is 13.8 Å². The van der Waals surface area contributed by atoms with Crippen molar-refractivity contribution in [2.75, 3.05) is 19.3 Å². The number of rotatable bonds is 6. The number of hydrogen-bond donors (Lipinski definition) is 0. The Bertz CT molecular complexity index is 1060. The van der Waals surface area contributed by atoms with Gasteiger partial charge in [-0.15, -0.1) is 0 Å². The van der Waals surface area contributed by atoms with Crippen LogP contribution in [0.4, 0.5) is 0 Å². The van der Waals surface area contributed by atoms with E-state index in [1.165, 1.54) is 18.2 Å². The van der Waals surface area contributed by atoms with Crippen molar-refractivity contribution >= 4 is 38.9 Å². The summed E-state index contributed by atoms with van der Waals surface area (Å²) in [6.45, 7) is 4.53. The second kappa shape index (κ2) is 9.04. The summed E-state index contributed by atoms with van der Waals surface area (Å²) in [6, 6.07) is 9.38. The lowest BCUT2D eigenvalue weighted by Gasteiger charge is -2.20. The van der Waals surface area contributed by atoms with Gasteiger partial charge in [-0.25, -0.2) is 8.42 Å². The topological polar surface area (TPSA) is 72.9 Å². The zero-order valence-corrected chi connectivity index (χ0v) is 19.2. The smallest absolute Gasteiger partial charge is 0.257 e. The first kappa shape index (κ1) is 22.7. The molecule has 1 atom stereocenters. The average Bonchev–Trinajstić information content (AvgIpc) is 3.11. The van der Waals surface area contributed by atoms with E-state index in [9.17, 15) is 13.2 Å². The summed E-state index contributed by atoms with van der Waals surface area (Å²) in [5.41, 5.74) is 0.224. The molecule has 9 heteroatoms. The Hall–Kier alpha value is -1.96. The summed E-state index contributed by atoms with van der Waals surface area (Å²) in [7, 11) is -3.46. The monoisotopic (exact) mass is 471 g/mol. The summed E-state index contributed by atoms with van der Waals surface area (Å²) in [5.74, 6) is 0.638. The first-order valence-electron chi connectivity index (χ1n) is 9.46. The highest BCUT2D eigenvalue weighted by atomic mass is 35.5. The van der Waals surface area contributed by atoms with Gasteiger partial charge >= 0.3 is 0 Å². The maximum absolute atomic E-state index is 13.2. The van der Waals surface area contributed by atoms with Gasteiger partial charge in [-0.3, -0.25) is 4.79 Å². The van der Waals surface area contributed by atoms with E-state index in [0.29, 0.717) is 41.1 Å². The van der Waals surface area contributed by atoms with Gasteiger partial charge in [0.15, 0.2) is 9.84 Å². The van der Waals surface area contributed by atoms with Crippen LogP contribution >= 0.6 is 23.2 Å². The number of benzene rings is 2. The molecule has 2 aromatic carbocycles. The molecule has 0 saturated carbocycles. The third-order valence-electron chi connectivity index (χ3n) is 4.60. The summed E-state index contributed by atoms with van der Waals surface area (Å²) >= 11 is 12.0. The van der Waals surface area contributed by atoms with Gasteiger partial charge in [0.05, 0.1) is 33.2 Å². The highest BCUT2D eigenvalue weighted by molar-refractivity contribution is 7.90. The van der Waals surface area contributed by atoms with Gasteiger partial charge in [-0.1, -0.05) is 23.2 Å². The summed E-state index contributed by atoms with van der Waals surface area (Å²) in [6.07, 6.45) is 1.37. The van der Waals surface area contributed by atoms with Crippen LogP contribution in [0.25, 0.3) is 0 Å². The number of likely N-dealkylation sites (tertiary alicyclic amines) is 1. The average molecular weight is 472 g/mol. The summed E-state index contributed by atoms with van der Waals surface area (Å²) < 4.78 is 35.6. The van der Waals surface area contributed by atoms with Crippen LogP contribution in [0, 0.1) is 0 Å². The van der Waals surface area contributed by atoms with E-state index in [4.69, 9.17) is 32.7 Å². The van der Waals surface area contributed by atoms with Crippen molar-refractivity contribution in [1.29, 1.82) is 0 Å². The van der Waals surface area contributed by atoms with Crippen molar-refractivity contribution in [3.8, 4) is 11.5 Å². The molecule has 0 N–H and O–H groups in total. The van der Waals surface area contributed by atoms with Gasteiger partial charge in [0.2, 0.25) is 0 Å². The molecule has 0 spiro atoms. The largest absolute Gasteiger partial charge is 0.490 e. The number of nitrogens with zero attached hydrogens (tertiary/aromatic N) is 1. The Morgan fingerprint density at radius 3 is 2.50 bits per heavy atom. The second-order valence-electron chi connectivity index (χ2n) is 7.45. The normalized spacial score (nSPS) is 16.7. The van der Waals surface area contributed by atoms with Crippen LogP contribution in [0.5, 0.6) is 11.5 Å². The molecule has 2 aromatic rings. The molecule has 1 aliphatic heterocycles. The third kappa shape index (κ3) is 5.39. The standard InChI is InChI=1S/C21H23Cl2NO5S/c1-13(2)28-20-7-5-16(30(3,26)27)11-17(20)21(25)24-9-8-15(12-24)29-14-4-6-18(22)19(23)10-14/h4-7,10-11,13,15H,8-9,12H2,1-3H3. The van der Waals surface area contributed by atoms with Crippen molar-refractivity contribution in [2.24, 2.45) is 0 Å². The fourth-order valence-electron chi connectivity index (χ4n) is 3.19. The van der Waals surface area contributed by atoms with E-state index in [1.54, 1.807) is 23.1 Å². The molecule has 0 aliphatic carbocycles. The molecular weight excluding hydrogens is 449 g/mol. The zero-order valence-electron chi connectivity index (χ0n) is 16.9. The molecule has 0 radical (unpaired) electrons. The van der Waals surface area contributed by atoms with E-state index >= 15 is 0 Å². The number of carbonyl (C=O) groups is 1. The number of halogens is 2. The van der Waals surface area contributed by atoms with Crippen LogP contribution in [-0.4, -0.2) is 50.8 Å². The van der Waals surface area contributed by atoms with Crippen LogP contribution in [0.15, 0.2) is 41.3 Å². The number of ether oxygens (including phenoxy) is 2. The Balaban J connectivity index is 1.79. The minimum Gasteiger partial charge on any atom is -0.490 e. The van der Waals surface area contributed by atoms with Gasteiger partial charge in [-0.05, 0) is 44.2 Å². The zero-order chi connectivity index (χ0) is 22.1. The molecule has 3 rings (SSSR count). The molecule has 1 heterocycles. The first-order valence-corrected chi connectivity index (χ1v) is 12.1. The fraction of sp³-hybridized carbons (Fsp3) is 0.381. The van der Waals surface area contributed by atoms with Crippen LogP contribution < -0.4 is 9.47 Å². The van der Waals surface area contributed by atoms with Crippen LogP contribution in [0.1, 0.15) is 30.6 Å². The Kier molecular flexibility index (Phi) is 6.84. The van der Waals surface area contributed by atoms with Crippen LogP contribution in [0.3, 0.4) is 0 Å². The lowest BCUT2D eigenvalue weighted by molar-refractivity contribution is 0.0766. The molecule has 1 saturated heterocycles. The lowest BCUT2D eigenvalue weighted by Crippen LogP contribution is -2.31. The van der Waals surface area contributed by atoms with E-state index < -0.39 is 9.84 Å².